The first kappa shape index (κ1) is 20.5. The van der Waals surface area contributed by atoms with Gasteiger partial charge in [0.25, 0.3) is 0 Å². The molecule has 1 aromatic carbocycles. The van der Waals surface area contributed by atoms with Crippen LogP contribution >= 0.6 is 0 Å². The molecule has 5 nitrogen and oxygen atoms in total. The summed E-state index contributed by atoms with van der Waals surface area (Å²) in [5.74, 6) is 0.675. The highest BCUT2D eigenvalue weighted by Crippen LogP contribution is 2.29. The second-order valence-corrected chi connectivity index (χ2v) is 6.67. The van der Waals surface area contributed by atoms with Crippen molar-refractivity contribution in [2.75, 3.05) is 46.8 Å². The summed E-state index contributed by atoms with van der Waals surface area (Å²) in [5.41, 5.74) is 0.101. The van der Waals surface area contributed by atoms with E-state index in [0.29, 0.717) is 18.5 Å². The van der Waals surface area contributed by atoms with Gasteiger partial charge in [0.1, 0.15) is 0 Å². The molecule has 0 bridgehead atoms. The van der Waals surface area contributed by atoms with Crippen LogP contribution in [-0.2, 0) is 12.7 Å². The van der Waals surface area contributed by atoms with Gasteiger partial charge >= 0.3 is 6.18 Å². The summed E-state index contributed by atoms with van der Waals surface area (Å²) in [6.45, 7) is 6.88. The number of nitrogens with zero attached hydrogens (tertiary/aromatic N) is 3. The maximum Gasteiger partial charge on any atom is 0.416 e. The third-order valence-electron chi connectivity index (χ3n) is 4.53. The molecule has 1 aliphatic rings. The Hall–Kier alpha value is -1.80. The summed E-state index contributed by atoms with van der Waals surface area (Å²) in [4.78, 5) is 9.12. The SMILES string of the molecule is CCNC(=NCc1ccc(C(F)(F)F)cc1)NCC1CN(C)CCN1C. The Morgan fingerprint density at radius 3 is 2.46 bits per heavy atom. The quantitative estimate of drug-likeness (QED) is 0.614. The molecule has 2 N–H and O–H groups in total. The van der Waals surface area contributed by atoms with Gasteiger partial charge in [0, 0.05) is 38.8 Å². The van der Waals surface area contributed by atoms with E-state index in [9.17, 15) is 13.2 Å². The molecule has 1 saturated heterocycles. The van der Waals surface area contributed by atoms with E-state index in [1.54, 1.807) is 0 Å². The van der Waals surface area contributed by atoms with E-state index in [-0.39, 0.29) is 0 Å². The van der Waals surface area contributed by atoms with Gasteiger partial charge in [-0.2, -0.15) is 13.2 Å². The number of nitrogens with one attached hydrogen (secondary N) is 2. The zero-order valence-corrected chi connectivity index (χ0v) is 15.6. The van der Waals surface area contributed by atoms with E-state index < -0.39 is 11.7 Å². The average Bonchev–Trinajstić information content (AvgIpc) is 2.59. The molecule has 1 unspecified atom stereocenters. The van der Waals surface area contributed by atoms with Crippen molar-refractivity contribution in [3.63, 3.8) is 0 Å². The minimum absolute atomic E-state index is 0.327. The molecule has 26 heavy (non-hydrogen) atoms. The molecule has 1 heterocycles. The highest BCUT2D eigenvalue weighted by molar-refractivity contribution is 5.79. The van der Waals surface area contributed by atoms with Crippen molar-refractivity contribution in [2.24, 2.45) is 4.99 Å². The molecule has 1 atom stereocenters. The molecule has 1 aromatic rings. The Morgan fingerprint density at radius 1 is 1.15 bits per heavy atom. The summed E-state index contributed by atoms with van der Waals surface area (Å²) in [6.07, 6.45) is -4.31. The molecule has 2 rings (SSSR count). The number of guanidine groups is 1. The van der Waals surface area contributed by atoms with E-state index >= 15 is 0 Å². The summed E-state index contributed by atoms with van der Waals surface area (Å²) in [6, 6.07) is 5.53. The van der Waals surface area contributed by atoms with Crippen molar-refractivity contribution < 1.29 is 13.2 Å². The summed E-state index contributed by atoms with van der Waals surface area (Å²) >= 11 is 0. The largest absolute Gasteiger partial charge is 0.416 e. The summed E-state index contributed by atoms with van der Waals surface area (Å²) < 4.78 is 37.8. The summed E-state index contributed by atoms with van der Waals surface area (Å²) in [5, 5.41) is 6.52. The van der Waals surface area contributed by atoms with Gasteiger partial charge in [0.05, 0.1) is 12.1 Å². The van der Waals surface area contributed by atoms with Gasteiger partial charge in [-0.1, -0.05) is 12.1 Å². The highest BCUT2D eigenvalue weighted by atomic mass is 19.4. The van der Waals surface area contributed by atoms with Crippen LogP contribution in [0.5, 0.6) is 0 Å². The van der Waals surface area contributed by atoms with Crippen LogP contribution in [0.25, 0.3) is 0 Å². The van der Waals surface area contributed by atoms with Crippen LogP contribution in [0.1, 0.15) is 18.1 Å². The van der Waals surface area contributed by atoms with E-state index in [2.05, 4.69) is 39.5 Å². The molecule has 0 amide bonds. The van der Waals surface area contributed by atoms with Crippen molar-refractivity contribution in [3.05, 3.63) is 35.4 Å². The van der Waals surface area contributed by atoms with Crippen LogP contribution in [0.15, 0.2) is 29.3 Å². The Bertz CT molecular complexity index is 585. The number of piperazine rings is 1. The Morgan fingerprint density at radius 2 is 1.85 bits per heavy atom. The number of benzene rings is 1. The fraction of sp³-hybridized carbons (Fsp3) is 0.611. The van der Waals surface area contributed by atoms with Crippen molar-refractivity contribution in [2.45, 2.75) is 25.7 Å². The molecule has 0 saturated carbocycles. The maximum absolute atomic E-state index is 12.6. The third-order valence-corrected chi connectivity index (χ3v) is 4.53. The Balaban J connectivity index is 1.93. The van der Waals surface area contributed by atoms with Gasteiger partial charge in [0.15, 0.2) is 5.96 Å². The van der Waals surface area contributed by atoms with Crippen LogP contribution < -0.4 is 10.6 Å². The molecule has 0 aromatic heterocycles. The van der Waals surface area contributed by atoms with Crippen molar-refractivity contribution in [1.29, 1.82) is 0 Å². The first-order valence-corrected chi connectivity index (χ1v) is 8.86. The molecular formula is C18H28F3N5. The average molecular weight is 371 g/mol. The molecule has 1 fully saturated rings. The number of halogens is 3. The maximum atomic E-state index is 12.6. The minimum atomic E-state index is -4.31. The van der Waals surface area contributed by atoms with Crippen molar-refractivity contribution >= 4 is 5.96 Å². The molecule has 0 spiro atoms. The van der Waals surface area contributed by atoms with E-state index in [1.165, 1.54) is 12.1 Å². The fourth-order valence-corrected chi connectivity index (χ4v) is 2.85. The number of likely N-dealkylation sites (N-methyl/N-ethyl adjacent to an activating group) is 2. The van der Waals surface area contributed by atoms with Gasteiger partial charge in [-0.15, -0.1) is 0 Å². The predicted molar refractivity (Wildman–Crippen MR) is 98.2 cm³/mol. The minimum Gasteiger partial charge on any atom is -0.357 e. The van der Waals surface area contributed by atoms with Crippen LogP contribution in [0, 0.1) is 0 Å². The number of hydrogen-bond donors (Lipinski definition) is 2. The zero-order chi connectivity index (χ0) is 19.2. The normalized spacial score (nSPS) is 20.2. The number of aliphatic imine (C=N–C) groups is 1. The molecular weight excluding hydrogens is 343 g/mol. The van der Waals surface area contributed by atoms with Crippen molar-refractivity contribution in [1.82, 2.24) is 20.4 Å². The van der Waals surface area contributed by atoms with Crippen LogP contribution in [-0.4, -0.2) is 68.6 Å². The van der Waals surface area contributed by atoms with E-state index in [0.717, 1.165) is 50.4 Å². The second kappa shape index (κ2) is 9.23. The third kappa shape index (κ3) is 6.17. The zero-order valence-electron chi connectivity index (χ0n) is 15.6. The van der Waals surface area contributed by atoms with Gasteiger partial charge < -0.3 is 15.5 Å². The fourth-order valence-electron chi connectivity index (χ4n) is 2.85. The lowest BCUT2D eigenvalue weighted by atomic mass is 10.1. The first-order valence-electron chi connectivity index (χ1n) is 8.86. The van der Waals surface area contributed by atoms with Gasteiger partial charge in [-0.25, -0.2) is 4.99 Å². The predicted octanol–water partition coefficient (Wildman–Crippen LogP) is 2.01. The molecule has 0 radical (unpaired) electrons. The van der Waals surface area contributed by atoms with Crippen LogP contribution in [0.4, 0.5) is 13.2 Å². The van der Waals surface area contributed by atoms with Crippen LogP contribution in [0.2, 0.25) is 0 Å². The lowest BCUT2D eigenvalue weighted by Gasteiger charge is -2.37. The lowest BCUT2D eigenvalue weighted by Crippen LogP contribution is -2.55. The smallest absolute Gasteiger partial charge is 0.357 e. The molecule has 0 aliphatic carbocycles. The van der Waals surface area contributed by atoms with E-state index in [4.69, 9.17) is 0 Å². The van der Waals surface area contributed by atoms with Gasteiger partial charge in [0.2, 0.25) is 0 Å². The number of rotatable bonds is 5. The van der Waals surface area contributed by atoms with Crippen LogP contribution in [0.3, 0.4) is 0 Å². The Labute approximate surface area is 153 Å². The topological polar surface area (TPSA) is 42.9 Å². The molecule has 8 heteroatoms. The van der Waals surface area contributed by atoms with Gasteiger partial charge in [-0.3, -0.25) is 4.90 Å². The van der Waals surface area contributed by atoms with E-state index in [1.807, 2.05) is 6.92 Å². The monoisotopic (exact) mass is 371 g/mol. The summed E-state index contributed by atoms with van der Waals surface area (Å²) in [7, 11) is 4.23. The Kier molecular flexibility index (Phi) is 7.28. The molecule has 146 valence electrons. The second-order valence-electron chi connectivity index (χ2n) is 6.67. The van der Waals surface area contributed by atoms with Crippen molar-refractivity contribution in [3.8, 4) is 0 Å². The standard InChI is InChI=1S/C18H28F3N5/c1-4-22-17(24-12-16-13-25(2)9-10-26(16)3)23-11-14-5-7-15(8-6-14)18(19,20)21/h5-8,16H,4,9-13H2,1-3H3,(H2,22,23,24). The van der Waals surface area contributed by atoms with Gasteiger partial charge in [-0.05, 0) is 38.7 Å². The first-order chi connectivity index (χ1) is 12.3. The lowest BCUT2D eigenvalue weighted by molar-refractivity contribution is -0.137. The number of hydrogen-bond acceptors (Lipinski definition) is 3. The number of alkyl halides is 3. The molecule has 1 aliphatic heterocycles. The highest BCUT2D eigenvalue weighted by Gasteiger charge is 2.29.